The molecule has 90 valence electrons. The van der Waals surface area contributed by atoms with Crippen LogP contribution in [0.1, 0.15) is 17.4 Å². The molecule has 0 bridgehead atoms. The van der Waals surface area contributed by atoms with Crippen molar-refractivity contribution in [3.05, 3.63) is 30.0 Å². The summed E-state index contributed by atoms with van der Waals surface area (Å²) in [6.45, 7) is 1.47. The lowest BCUT2D eigenvalue weighted by Gasteiger charge is -2.02. The molecule has 6 heteroatoms. The number of ketones is 1. The first-order valence-electron chi connectivity index (χ1n) is 4.97. The zero-order chi connectivity index (χ0) is 12.6. The fourth-order valence-electron chi connectivity index (χ4n) is 1.60. The second-order valence-corrected chi connectivity index (χ2v) is 5.66. The minimum Gasteiger partial charge on any atom is -0.352 e. The predicted octanol–water partition coefficient (Wildman–Crippen LogP) is 1.74. The van der Waals surface area contributed by atoms with Crippen molar-refractivity contribution in [3.8, 4) is 0 Å². The van der Waals surface area contributed by atoms with E-state index in [4.69, 9.17) is 0 Å². The molecule has 0 fully saturated rings. The van der Waals surface area contributed by atoms with E-state index in [1.165, 1.54) is 6.92 Å². The van der Waals surface area contributed by atoms with E-state index in [1.807, 2.05) is 0 Å². The Kier molecular flexibility index (Phi) is 2.66. The number of rotatable bonds is 3. The van der Waals surface area contributed by atoms with E-state index in [0.29, 0.717) is 11.4 Å². The number of benzene rings is 1. The number of carbonyl (C=O) groups is 1. The van der Waals surface area contributed by atoms with E-state index < -0.39 is 10.0 Å². The van der Waals surface area contributed by atoms with E-state index in [1.54, 1.807) is 24.3 Å². The Bertz CT molecular complexity index is 686. The lowest BCUT2D eigenvalue weighted by Crippen LogP contribution is -2.09. The highest BCUT2D eigenvalue weighted by atomic mass is 32.2. The van der Waals surface area contributed by atoms with Gasteiger partial charge in [-0.25, -0.2) is 8.42 Å². The number of fused-ring (bicyclic) bond motifs is 1. The molecule has 2 N–H and O–H groups in total. The Morgan fingerprint density at radius 2 is 2.00 bits per heavy atom. The Balaban J connectivity index is 2.47. The highest BCUT2D eigenvalue weighted by Crippen LogP contribution is 2.20. The average molecular weight is 252 g/mol. The van der Waals surface area contributed by atoms with Crippen LogP contribution in [0.3, 0.4) is 0 Å². The standard InChI is InChI=1S/C11H12N2O3S/c1-7(14)11-6-8-5-9(13-17(2,15)16)3-4-10(8)12-11/h3-6,12-13H,1-2H3. The summed E-state index contributed by atoms with van der Waals surface area (Å²) in [5.41, 5.74) is 1.79. The molecule has 0 saturated carbocycles. The quantitative estimate of drug-likeness (QED) is 0.817. The van der Waals surface area contributed by atoms with Crippen LogP contribution in [0.15, 0.2) is 24.3 Å². The van der Waals surface area contributed by atoms with Gasteiger partial charge >= 0.3 is 0 Å². The zero-order valence-corrected chi connectivity index (χ0v) is 10.3. The normalized spacial score (nSPS) is 11.6. The third kappa shape index (κ3) is 2.65. The number of carbonyl (C=O) groups excluding carboxylic acids is 1. The summed E-state index contributed by atoms with van der Waals surface area (Å²) >= 11 is 0. The third-order valence-corrected chi connectivity index (χ3v) is 2.91. The second kappa shape index (κ2) is 3.89. The molecule has 0 aliphatic heterocycles. The fraction of sp³-hybridized carbons (Fsp3) is 0.182. The first-order valence-corrected chi connectivity index (χ1v) is 6.86. The second-order valence-electron chi connectivity index (χ2n) is 3.92. The summed E-state index contributed by atoms with van der Waals surface area (Å²) in [6.07, 6.45) is 1.09. The summed E-state index contributed by atoms with van der Waals surface area (Å²) in [5.74, 6) is -0.0566. The zero-order valence-electron chi connectivity index (χ0n) is 9.44. The number of sulfonamides is 1. The van der Waals surface area contributed by atoms with Gasteiger partial charge in [-0.1, -0.05) is 0 Å². The maximum atomic E-state index is 11.2. The SMILES string of the molecule is CC(=O)c1cc2cc(NS(C)(=O)=O)ccc2[nH]1. The topological polar surface area (TPSA) is 79.0 Å². The van der Waals surface area contributed by atoms with Crippen LogP contribution in [0.25, 0.3) is 10.9 Å². The van der Waals surface area contributed by atoms with Gasteiger partial charge in [0.05, 0.1) is 11.9 Å². The highest BCUT2D eigenvalue weighted by molar-refractivity contribution is 7.92. The molecule has 0 amide bonds. The molecule has 17 heavy (non-hydrogen) atoms. The van der Waals surface area contributed by atoms with Crippen LogP contribution in [0.2, 0.25) is 0 Å². The third-order valence-electron chi connectivity index (χ3n) is 2.30. The van der Waals surface area contributed by atoms with Crippen molar-refractivity contribution in [2.75, 3.05) is 11.0 Å². The average Bonchev–Trinajstić information content (AvgIpc) is 2.57. The predicted molar refractivity (Wildman–Crippen MR) is 66.8 cm³/mol. The highest BCUT2D eigenvalue weighted by Gasteiger charge is 2.07. The van der Waals surface area contributed by atoms with Crippen molar-refractivity contribution in [3.63, 3.8) is 0 Å². The van der Waals surface area contributed by atoms with Crippen molar-refractivity contribution in [2.45, 2.75) is 6.92 Å². The number of aromatic amines is 1. The monoisotopic (exact) mass is 252 g/mol. The summed E-state index contributed by atoms with van der Waals surface area (Å²) in [5, 5.41) is 0.795. The number of hydrogen-bond donors (Lipinski definition) is 2. The maximum absolute atomic E-state index is 11.2. The van der Waals surface area contributed by atoms with E-state index in [-0.39, 0.29) is 5.78 Å². The maximum Gasteiger partial charge on any atom is 0.229 e. The molecule has 2 aromatic rings. The van der Waals surface area contributed by atoms with Crippen molar-refractivity contribution >= 4 is 32.4 Å². The van der Waals surface area contributed by atoms with Crippen LogP contribution in [0.5, 0.6) is 0 Å². The van der Waals surface area contributed by atoms with Crippen LogP contribution in [-0.4, -0.2) is 25.4 Å². The fourth-order valence-corrected chi connectivity index (χ4v) is 2.15. The van der Waals surface area contributed by atoms with Gasteiger partial charge in [-0.3, -0.25) is 9.52 Å². The number of hydrogen-bond acceptors (Lipinski definition) is 3. The Hall–Kier alpha value is -1.82. The smallest absolute Gasteiger partial charge is 0.229 e. The molecule has 0 aliphatic rings. The molecule has 0 radical (unpaired) electrons. The number of H-pyrrole nitrogens is 1. The molecular weight excluding hydrogens is 240 g/mol. The van der Waals surface area contributed by atoms with Crippen LogP contribution in [0.4, 0.5) is 5.69 Å². The van der Waals surface area contributed by atoms with Crippen LogP contribution >= 0.6 is 0 Å². The molecule has 0 aliphatic carbocycles. The van der Waals surface area contributed by atoms with Gasteiger partial charge in [0.25, 0.3) is 0 Å². The summed E-state index contributed by atoms with van der Waals surface area (Å²) in [4.78, 5) is 14.1. The molecule has 0 saturated heterocycles. The molecule has 1 aromatic carbocycles. The van der Waals surface area contributed by atoms with Crippen molar-refractivity contribution in [1.82, 2.24) is 4.98 Å². The Morgan fingerprint density at radius 3 is 2.59 bits per heavy atom. The number of nitrogens with one attached hydrogen (secondary N) is 2. The molecule has 1 aromatic heterocycles. The summed E-state index contributed by atoms with van der Waals surface area (Å²) in [7, 11) is -3.28. The van der Waals surface area contributed by atoms with E-state index in [0.717, 1.165) is 17.2 Å². The molecular formula is C11H12N2O3S. The van der Waals surface area contributed by atoms with Gasteiger partial charge in [-0.15, -0.1) is 0 Å². The van der Waals surface area contributed by atoms with E-state index in [9.17, 15) is 13.2 Å². The minimum absolute atomic E-state index is 0.0566. The van der Waals surface area contributed by atoms with Gasteiger partial charge in [-0.05, 0) is 24.3 Å². The van der Waals surface area contributed by atoms with Gasteiger partial charge in [0, 0.05) is 23.5 Å². The first-order chi connectivity index (χ1) is 7.85. The van der Waals surface area contributed by atoms with Crippen LogP contribution in [0, 0.1) is 0 Å². The summed E-state index contributed by atoms with van der Waals surface area (Å²) < 4.78 is 24.5. The minimum atomic E-state index is -3.28. The number of anilines is 1. The lowest BCUT2D eigenvalue weighted by atomic mass is 10.2. The van der Waals surface area contributed by atoms with E-state index >= 15 is 0 Å². The van der Waals surface area contributed by atoms with Gasteiger partial charge < -0.3 is 4.98 Å². The lowest BCUT2D eigenvalue weighted by molar-refractivity contribution is 0.101. The van der Waals surface area contributed by atoms with Gasteiger partial charge in [-0.2, -0.15) is 0 Å². The number of aromatic nitrogens is 1. The molecule has 5 nitrogen and oxygen atoms in total. The first kappa shape index (κ1) is 11.7. The van der Waals surface area contributed by atoms with Crippen LogP contribution < -0.4 is 4.72 Å². The summed E-state index contributed by atoms with van der Waals surface area (Å²) in [6, 6.07) is 6.75. The van der Waals surface area contributed by atoms with Crippen molar-refractivity contribution in [2.24, 2.45) is 0 Å². The van der Waals surface area contributed by atoms with Gasteiger partial charge in [0.2, 0.25) is 10.0 Å². The molecule has 0 spiro atoms. The molecule has 0 unspecified atom stereocenters. The van der Waals surface area contributed by atoms with Gasteiger partial charge in [0.15, 0.2) is 5.78 Å². The largest absolute Gasteiger partial charge is 0.352 e. The van der Waals surface area contributed by atoms with Crippen molar-refractivity contribution in [1.29, 1.82) is 0 Å². The van der Waals surface area contributed by atoms with Crippen LogP contribution in [-0.2, 0) is 10.0 Å². The molecule has 0 atom stereocenters. The van der Waals surface area contributed by atoms with E-state index in [2.05, 4.69) is 9.71 Å². The van der Waals surface area contributed by atoms with Crippen molar-refractivity contribution < 1.29 is 13.2 Å². The molecule has 1 heterocycles. The Labute approximate surface area is 98.9 Å². The Morgan fingerprint density at radius 1 is 1.29 bits per heavy atom. The number of Topliss-reactive ketones (excluding diaryl/α,β-unsaturated/α-hetero) is 1. The molecule has 2 rings (SSSR count). The van der Waals surface area contributed by atoms with Gasteiger partial charge in [0.1, 0.15) is 0 Å².